The Hall–Kier alpha value is -3.07. The fraction of sp³-hybridized carbons (Fsp3) is 0.194. The highest BCUT2D eigenvalue weighted by Crippen LogP contribution is 2.27. The molecule has 0 bridgehead atoms. The fourth-order valence-corrected chi connectivity index (χ4v) is 4.26. The quantitative estimate of drug-likeness (QED) is 0.268. The molecule has 0 aliphatic carbocycles. The molecule has 0 spiro atoms. The van der Waals surface area contributed by atoms with Gasteiger partial charge in [-0.05, 0) is 72.0 Å². The van der Waals surface area contributed by atoms with Gasteiger partial charge in [-0.25, -0.2) is 0 Å². The first-order chi connectivity index (χ1) is 17.0. The zero-order valence-electron chi connectivity index (χ0n) is 20.3. The van der Waals surface area contributed by atoms with E-state index in [9.17, 15) is 4.79 Å². The summed E-state index contributed by atoms with van der Waals surface area (Å²) in [7, 11) is 0. The van der Waals surface area contributed by atoms with E-state index in [0.717, 1.165) is 28.7 Å². The number of rotatable bonds is 7. The lowest BCUT2D eigenvalue weighted by atomic mass is 9.86. The largest absolute Gasteiger partial charge is 0.349 e. The van der Waals surface area contributed by atoms with Crippen molar-refractivity contribution in [2.45, 2.75) is 39.2 Å². The SMILES string of the molecule is CC.CC(NC(=O)c1ccc(-c2ccccc2)cc1)[C@H](Cc1ccc(Cl)cc1)c1ccc(Cl)cc1. The second-order valence-electron chi connectivity index (χ2n) is 8.19. The summed E-state index contributed by atoms with van der Waals surface area (Å²) in [6.07, 6.45) is 0.771. The Morgan fingerprint density at radius 1 is 0.714 bits per heavy atom. The highest BCUT2D eigenvalue weighted by Gasteiger charge is 2.22. The maximum atomic E-state index is 13.0. The van der Waals surface area contributed by atoms with Crippen LogP contribution in [0.3, 0.4) is 0 Å². The molecule has 0 radical (unpaired) electrons. The number of hydrogen-bond donors (Lipinski definition) is 1. The van der Waals surface area contributed by atoms with Gasteiger partial charge in [-0.1, -0.05) is 104 Å². The Kier molecular flexibility index (Phi) is 9.96. The van der Waals surface area contributed by atoms with Crippen molar-refractivity contribution >= 4 is 29.1 Å². The number of amides is 1. The van der Waals surface area contributed by atoms with Gasteiger partial charge in [-0.15, -0.1) is 0 Å². The van der Waals surface area contributed by atoms with Crippen molar-refractivity contribution in [1.82, 2.24) is 5.32 Å². The van der Waals surface area contributed by atoms with Gasteiger partial charge in [-0.3, -0.25) is 4.79 Å². The molecule has 4 rings (SSSR count). The van der Waals surface area contributed by atoms with Crippen LogP contribution in [0.2, 0.25) is 10.0 Å². The lowest BCUT2D eigenvalue weighted by Crippen LogP contribution is -2.37. The van der Waals surface area contributed by atoms with E-state index in [1.807, 2.05) is 112 Å². The van der Waals surface area contributed by atoms with Gasteiger partial charge in [0.25, 0.3) is 5.91 Å². The highest BCUT2D eigenvalue weighted by molar-refractivity contribution is 6.30. The molecular formula is C31H31Cl2NO. The first-order valence-electron chi connectivity index (χ1n) is 12.0. The van der Waals surface area contributed by atoms with E-state index in [1.54, 1.807) is 0 Å². The van der Waals surface area contributed by atoms with E-state index in [-0.39, 0.29) is 17.9 Å². The molecule has 0 saturated heterocycles. The maximum Gasteiger partial charge on any atom is 0.251 e. The normalized spacial score (nSPS) is 12.1. The number of hydrogen-bond acceptors (Lipinski definition) is 1. The predicted molar refractivity (Wildman–Crippen MR) is 150 cm³/mol. The van der Waals surface area contributed by atoms with Crippen LogP contribution in [-0.4, -0.2) is 11.9 Å². The average Bonchev–Trinajstić information content (AvgIpc) is 2.90. The molecule has 0 heterocycles. The van der Waals surface area contributed by atoms with Gasteiger partial charge in [0, 0.05) is 27.6 Å². The predicted octanol–water partition coefficient (Wildman–Crippen LogP) is 8.83. The molecule has 1 unspecified atom stereocenters. The monoisotopic (exact) mass is 503 g/mol. The third kappa shape index (κ3) is 7.45. The lowest BCUT2D eigenvalue weighted by molar-refractivity contribution is 0.0934. The Labute approximate surface area is 218 Å². The van der Waals surface area contributed by atoms with Crippen molar-refractivity contribution in [3.63, 3.8) is 0 Å². The minimum atomic E-state index is -0.0943. The average molecular weight is 505 g/mol. The van der Waals surface area contributed by atoms with Crippen molar-refractivity contribution in [3.8, 4) is 11.1 Å². The van der Waals surface area contributed by atoms with Gasteiger partial charge in [0.15, 0.2) is 0 Å². The standard InChI is InChI=1S/C29H25Cl2NO.C2H6/c1-20(32-29(33)25-11-9-23(10-12-25)22-5-3-2-4-6-22)28(24-13-17-27(31)18-14-24)19-21-7-15-26(30)16-8-21;1-2/h2-18,20,28H,19H2,1H3,(H,32,33);1-2H3/t20?,28-;/m0./s1. The lowest BCUT2D eigenvalue weighted by Gasteiger charge is -2.26. The molecule has 0 aromatic heterocycles. The van der Waals surface area contributed by atoms with E-state index in [0.29, 0.717) is 15.6 Å². The fourth-order valence-electron chi connectivity index (χ4n) is 4.00. The van der Waals surface area contributed by atoms with E-state index in [2.05, 4.69) is 17.4 Å². The van der Waals surface area contributed by atoms with Crippen LogP contribution in [0.5, 0.6) is 0 Å². The zero-order chi connectivity index (χ0) is 25.2. The molecule has 2 atom stereocenters. The van der Waals surface area contributed by atoms with Crippen molar-refractivity contribution in [2.75, 3.05) is 0 Å². The molecule has 1 amide bonds. The van der Waals surface area contributed by atoms with Crippen molar-refractivity contribution in [2.24, 2.45) is 0 Å². The summed E-state index contributed by atoms with van der Waals surface area (Å²) in [4.78, 5) is 13.0. The van der Waals surface area contributed by atoms with Crippen molar-refractivity contribution < 1.29 is 4.79 Å². The molecule has 0 aliphatic rings. The van der Waals surface area contributed by atoms with Crippen LogP contribution >= 0.6 is 23.2 Å². The number of carbonyl (C=O) groups is 1. The maximum absolute atomic E-state index is 13.0. The van der Waals surface area contributed by atoms with Crippen LogP contribution in [0.1, 0.15) is 48.2 Å². The van der Waals surface area contributed by atoms with Gasteiger partial charge in [-0.2, -0.15) is 0 Å². The summed E-state index contributed by atoms with van der Waals surface area (Å²) in [5.41, 5.74) is 5.14. The zero-order valence-corrected chi connectivity index (χ0v) is 21.9. The van der Waals surface area contributed by atoms with Crippen LogP contribution in [0.25, 0.3) is 11.1 Å². The molecule has 4 aromatic rings. The Bertz CT molecular complexity index is 1190. The van der Waals surface area contributed by atoms with Gasteiger partial charge < -0.3 is 5.32 Å². The summed E-state index contributed by atoms with van der Waals surface area (Å²) in [6, 6.07) is 33.5. The van der Waals surface area contributed by atoms with E-state index >= 15 is 0 Å². The Balaban J connectivity index is 0.00000167. The summed E-state index contributed by atoms with van der Waals surface area (Å²) < 4.78 is 0. The second-order valence-corrected chi connectivity index (χ2v) is 9.07. The minimum absolute atomic E-state index is 0.0796. The van der Waals surface area contributed by atoms with E-state index < -0.39 is 0 Å². The summed E-state index contributed by atoms with van der Waals surface area (Å²) in [5, 5.41) is 4.61. The molecule has 2 nitrogen and oxygen atoms in total. The minimum Gasteiger partial charge on any atom is -0.349 e. The van der Waals surface area contributed by atoms with Gasteiger partial charge in [0.2, 0.25) is 0 Å². The van der Waals surface area contributed by atoms with Crippen LogP contribution in [-0.2, 0) is 6.42 Å². The second kappa shape index (κ2) is 13.1. The first kappa shape index (κ1) is 26.5. The van der Waals surface area contributed by atoms with Gasteiger partial charge in [0.1, 0.15) is 0 Å². The third-order valence-electron chi connectivity index (χ3n) is 5.88. The van der Waals surface area contributed by atoms with Crippen LogP contribution in [0.4, 0.5) is 0 Å². The Morgan fingerprint density at radius 2 is 1.23 bits per heavy atom. The highest BCUT2D eigenvalue weighted by atomic mass is 35.5. The van der Waals surface area contributed by atoms with Crippen LogP contribution in [0, 0.1) is 0 Å². The molecule has 0 fully saturated rings. The molecule has 1 N–H and O–H groups in total. The third-order valence-corrected chi connectivity index (χ3v) is 6.39. The van der Waals surface area contributed by atoms with E-state index in [1.165, 1.54) is 0 Å². The van der Waals surface area contributed by atoms with Crippen LogP contribution in [0.15, 0.2) is 103 Å². The summed E-state index contributed by atoms with van der Waals surface area (Å²) in [6.45, 7) is 6.05. The van der Waals surface area contributed by atoms with Crippen molar-refractivity contribution in [3.05, 3.63) is 130 Å². The molecule has 4 heteroatoms. The van der Waals surface area contributed by atoms with Gasteiger partial charge in [0.05, 0.1) is 0 Å². The number of halogens is 2. The smallest absolute Gasteiger partial charge is 0.251 e. The molecule has 35 heavy (non-hydrogen) atoms. The number of carbonyl (C=O) groups excluding carboxylic acids is 1. The Morgan fingerprint density at radius 3 is 1.80 bits per heavy atom. The number of benzene rings is 4. The topological polar surface area (TPSA) is 29.1 Å². The van der Waals surface area contributed by atoms with Crippen molar-refractivity contribution in [1.29, 1.82) is 0 Å². The molecular weight excluding hydrogens is 473 g/mol. The summed E-state index contributed by atoms with van der Waals surface area (Å²) >= 11 is 12.2. The molecule has 0 saturated carbocycles. The number of nitrogens with one attached hydrogen (secondary N) is 1. The molecule has 4 aromatic carbocycles. The van der Waals surface area contributed by atoms with Gasteiger partial charge >= 0.3 is 0 Å². The first-order valence-corrected chi connectivity index (χ1v) is 12.7. The van der Waals surface area contributed by atoms with E-state index in [4.69, 9.17) is 23.2 Å². The van der Waals surface area contributed by atoms with Crippen LogP contribution < -0.4 is 5.32 Å². The summed E-state index contributed by atoms with van der Waals surface area (Å²) in [5.74, 6) is -0.00633. The molecule has 180 valence electrons. The molecule has 0 aliphatic heterocycles.